The summed E-state index contributed by atoms with van der Waals surface area (Å²) in [6.45, 7) is 4.04. The summed E-state index contributed by atoms with van der Waals surface area (Å²) in [5.41, 5.74) is 6.80. The zero-order valence-corrected chi connectivity index (χ0v) is 16.0. The first-order chi connectivity index (χ1) is 13.1. The Morgan fingerprint density at radius 3 is 2.59 bits per heavy atom. The fraction of sp³-hybridized carbons (Fsp3) is 0.182. The van der Waals surface area contributed by atoms with Crippen molar-refractivity contribution in [2.45, 2.75) is 26.7 Å². The first kappa shape index (κ1) is 16.3. The van der Waals surface area contributed by atoms with Crippen molar-refractivity contribution >= 4 is 49.2 Å². The van der Waals surface area contributed by atoms with Gasteiger partial charge in [-0.25, -0.2) is 9.78 Å². The van der Waals surface area contributed by atoms with E-state index < -0.39 is 0 Å². The van der Waals surface area contributed by atoms with Crippen LogP contribution in [-0.4, -0.2) is 11.0 Å². The van der Waals surface area contributed by atoms with E-state index >= 15 is 0 Å². The first-order valence-corrected chi connectivity index (χ1v) is 9.89. The topological polar surface area (TPSA) is 54.0 Å². The minimum Gasteiger partial charge on any atom is -0.308 e. The van der Waals surface area contributed by atoms with Crippen molar-refractivity contribution in [1.82, 2.24) is 4.98 Å². The molecule has 0 unspecified atom stereocenters. The Labute approximate surface area is 161 Å². The summed E-state index contributed by atoms with van der Waals surface area (Å²) in [4.78, 5) is 17.1. The number of urea groups is 1. The zero-order chi connectivity index (χ0) is 18.5. The van der Waals surface area contributed by atoms with Gasteiger partial charge in [0.05, 0.1) is 10.2 Å². The first-order valence-electron chi connectivity index (χ1n) is 9.07. The Balaban J connectivity index is 1.46. The summed E-state index contributed by atoms with van der Waals surface area (Å²) in [6.07, 6.45) is 2.19. The molecule has 3 aromatic carbocycles. The Kier molecular flexibility index (Phi) is 3.65. The van der Waals surface area contributed by atoms with Crippen LogP contribution in [0.25, 0.3) is 21.0 Å². The van der Waals surface area contributed by atoms with Crippen molar-refractivity contribution in [1.29, 1.82) is 0 Å². The average molecular weight is 373 g/mol. The molecule has 1 heterocycles. The number of aromatic nitrogens is 1. The van der Waals surface area contributed by atoms with E-state index in [0.717, 1.165) is 39.9 Å². The summed E-state index contributed by atoms with van der Waals surface area (Å²) >= 11 is 1.53. The van der Waals surface area contributed by atoms with Gasteiger partial charge in [0, 0.05) is 11.1 Å². The third kappa shape index (κ3) is 2.84. The van der Waals surface area contributed by atoms with Gasteiger partial charge in [-0.05, 0) is 72.5 Å². The molecular formula is C22H19N3OS. The maximum absolute atomic E-state index is 12.4. The Bertz CT molecular complexity index is 1210. The SMILES string of the molecule is Cc1cc(C)cc(NC(=O)Nc2nc3c(cc4c5c(cccc53)CC4)s2)c1. The van der Waals surface area contributed by atoms with Crippen molar-refractivity contribution < 1.29 is 4.79 Å². The van der Waals surface area contributed by atoms with Gasteiger partial charge in [-0.2, -0.15) is 0 Å². The van der Waals surface area contributed by atoms with Crippen LogP contribution >= 0.6 is 11.3 Å². The number of nitrogens with one attached hydrogen (secondary N) is 2. The molecule has 1 aliphatic carbocycles. The van der Waals surface area contributed by atoms with E-state index in [1.807, 2.05) is 26.0 Å². The summed E-state index contributed by atoms with van der Waals surface area (Å²) in [7, 11) is 0. The van der Waals surface area contributed by atoms with E-state index in [1.165, 1.54) is 33.2 Å². The van der Waals surface area contributed by atoms with Gasteiger partial charge in [0.1, 0.15) is 0 Å². The fourth-order valence-electron chi connectivity index (χ4n) is 4.06. The highest BCUT2D eigenvalue weighted by molar-refractivity contribution is 7.22. The number of nitrogens with zero attached hydrogens (tertiary/aromatic N) is 1. The molecule has 2 amide bonds. The number of thiazole rings is 1. The molecule has 5 heteroatoms. The van der Waals surface area contributed by atoms with E-state index in [-0.39, 0.29) is 6.03 Å². The molecule has 4 aromatic rings. The van der Waals surface area contributed by atoms with Crippen LogP contribution in [0.4, 0.5) is 15.6 Å². The van der Waals surface area contributed by atoms with Gasteiger partial charge in [0.15, 0.2) is 5.13 Å². The summed E-state index contributed by atoms with van der Waals surface area (Å²) in [5.74, 6) is 0. The molecule has 0 atom stereocenters. The quantitative estimate of drug-likeness (QED) is 0.466. The number of rotatable bonds is 2. The standard InChI is InChI=1S/C22H19N3OS/c1-12-8-13(2)10-16(9-12)23-21(26)25-22-24-20-17-5-3-4-14-6-7-15(19(14)17)11-18(20)27-22/h3-5,8-11H,6-7H2,1-2H3,(H2,23,24,25,26). The largest absolute Gasteiger partial charge is 0.325 e. The van der Waals surface area contributed by atoms with E-state index in [9.17, 15) is 4.79 Å². The van der Waals surface area contributed by atoms with Crippen molar-refractivity contribution in [2.75, 3.05) is 10.6 Å². The molecule has 0 saturated carbocycles. The lowest BCUT2D eigenvalue weighted by Crippen LogP contribution is -2.19. The molecule has 0 bridgehead atoms. The number of aryl methyl sites for hydroxylation is 4. The molecular weight excluding hydrogens is 354 g/mol. The number of benzene rings is 3. The molecule has 1 aliphatic rings. The minimum atomic E-state index is -0.267. The molecule has 0 saturated heterocycles. The van der Waals surface area contributed by atoms with E-state index in [4.69, 9.17) is 4.98 Å². The Morgan fingerprint density at radius 1 is 1.00 bits per heavy atom. The second-order valence-corrected chi connectivity index (χ2v) is 8.23. The highest BCUT2D eigenvalue weighted by atomic mass is 32.1. The molecule has 27 heavy (non-hydrogen) atoms. The summed E-state index contributed by atoms with van der Waals surface area (Å²) in [6, 6.07) is 14.4. The number of amides is 2. The fourth-order valence-corrected chi connectivity index (χ4v) is 5.01. The minimum absolute atomic E-state index is 0.267. The number of hydrogen-bond acceptors (Lipinski definition) is 3. The maximum Gasteiger partial charge on any atom is 0.325 e. The second-order valence-electron chi connectivity index (χ2n) is 7.20. The lowest BCUT2D eigenvalue weighted by Gasteiger charge is -2.07. The van der Waals surface area contributed by atoms with E-state index in [1.54, 1.807) is 0 Å². The lowest BCUT2D eigenvalue weighted by molar-refractivity contribution is 0.262. The third-order valence-corrected chi connectivity index (χ3v) is 5.97. The number of hydrogen-bond donors (Lipinski definition) is 2. The highest BCUT2D eigenvalue weighted by Crippen LogP contribution is 2.39. The zero-order valence-electron chi connectivity index (χ0n) is 15.2. The molecule has 0 fully saturated rings. The average Bonchev–Trinajstić information content (AvgIpc) is 3.19. The van der Waals surface area contributed by atoms with Crippen LogP contribution in [0.2, 0.25) is 0 Å². The summed E-state index contributed by atoms with van der Waals surface area (Å²) in [5, 5.41) is 8.96. The summed E-state index contributed by atoms with van der Waals surface area (Å²) < 4.78 is 1.12. The van der Waals surface area contributed by atoms with Gasteiger partial charge < -0.3 is 5.32 Å². The molecule has 2 N–H and O–H groups in total. The Hall–Kier alpha value is -2.92. The molecule has 4 nitrogen and oxygen atoms in total. The van der Waals surface area contributed by atoms with Crippen LogP contribution in [-0.2, 0) is 12.8 Å². The van der Waals surface area contributed by atoms with E-state index in [2.05, 4.69) is 41.0 Å². The smallest absolute Gasteiger partial charge is 0.308 e. The van der Waals surface area contributed by atoms with Gasteiger partial charge in [-0.15, -0.1) is 0 Å². The molecule has 134 valence electrons. The maximum atomic E-state index is 12.4. The highest BCUT2D eigenvalue weighted by Gasteiger charge is 2.19. The van der Waals surface area contributed by atoms with Crippen LogP contribution in [0.3, 0.4) is 0 Å². The van der Waals surface area contributed by atoms with Gasteiger partial charge in [0.2, 0.25) is 0 Å². The van der Waals surface area contributed by atoms with Gasteiger partial charge in [0.25, 0.3) is 0 Å². The van der Waals surface area contributed by atoms with Crippen molar-refractivity contribution in [2.24, 2.45) is 0 Å². The normalized spacial score (nSPS) is 12.7. The number of carbonyl (C=O) groups is 1. The molecule has 0 radical (unpaired) electrons. The van der Waals surface area contributed by atoms with Crippen LogP contribution < -0.4 is 10.6 Å². The van der Waals surface area contributed by atoms with Crippen molar-refractivity contribution in [3.63, 3.8) is 0 Å². The van der Waals surface area contributed by atoms with E-state index in [0.29, 0.717) is 5.13 Å². The van der Waals surface area contributed by atoms with Gasteiger partial charge >= 0.3 is 6.03 Å². The van der Waals surface area contributed by atoms with Crippen LogP contribution in [0.1, 0.15) is 22.3 Å². The predicted octanol–water partition coefficient (Wildman–Crippen LogP) is 5.81. The van der Waals surface area contributed by atoms with Crippen LogP contribution in [0, 0.1) is 13.8 Å². The number of carbonyl (C=O) groups excluding carboxylic acids is 1. The van der Waals surface area contributed by atoms with Gasteiger partial charge in [-0.3, -0.25) is 5.32 Å². The van der Waals surface area contributed by atoms with Crippen molar-refractivity contribution in [3.8, 4) is 0 Å². The molecule has 0 spiro atoms. The number of fused-ring (bicyclic) bond motifs is 2. The third-order valence-electron chi connectivity index (χ3n) is 5.05. The molecule has 0 aliphatic heterocycles. The lowest BCUT2D eigenvalue weighted by atomic mass is 10.0. The number of anilines is 2. The van der Waals surface area contributed by atoms with Gasteiger partial charge in [-0.1, -0.05) is 35.6 Å². The molecule has 1 aromatic heterocycles. The van der Waals surface area contributed by atoms with Crippen LogP contribution in [0.15, 0.2) is 42.5 Å². The predicted molar refractivity (Wildman–Crippen MR) is 113 cm³/mol. The molecule has 5 rings (SSSR count). The second kappa shape index (κ2) is 6.06. The Morgan fingerprint density at radius 2 is 1.78 bits per heavy atom. The van der Waals surface area contributed by atoms with Crippen molar-refractivity contribution in [3.05, 3.63) is 64.7 Å². The monoisotopic (exact) mass is 373 g/mol. The van der Waals surface area contributed by atoms with Crippen LogP contribution in [0.5, 0.6) is 0 Å².